The zero-order valence-electron chi connectivity index (χ0n) is 12.5. The van der Waals surface area contributed by atoms with Gasteiger partial charge >= 0.3 is 0 Å². The molecule has 0 aliphatic heterocycles. The van der Waals surface area contributed by atoms with Gasteiger partial charge in [-0.05, 0) is 0 Å². The van der Waals surface area contributed by atoms with Gasteiger partial charge in [-0.2, -0.15) is 0 Å². The predicted molar refractivity (Wildman–Crippen MR) is 73.1 cm³/mol. The summed E-state index contributed by atoms with van der Waals surface area (Å²) in [5.41, 5.74) is 0.0428. The molecular formula is C13H30N2Y-4. The summed E-state index contributed by atoms with van der Waals surface area (Å²) in [5.74, 6) is 0.643. The van der Waals surface area contributed by atoms with E-state index in [0.29, 0.717) is 5.92 Å². The van der Waals surface area contributed by atoms with Crippen molar-refractivity contribution < 1.29 is 32.7 Å². The van der Waals surface area contributed by atoms with E-state index >= 15 is 0 Å². The molecule has 0 rings (SSSR count). The number of hydrogen-bond donors (Lipinski definition) is 0. The van der Waals surface area contributed by atoms with Gasteiger partial charge < -0.3 is 25.5 Å². The molecule has 0 aliphatic rings. The number of nitrogens with zero attached hydrogens (tertiary/aromatic N) is 2. The van der Waals surface area contributed by atoms with E-state index in [1.807, 2.05) is 0 Å². The van der Waals surface area contributed by atoms with Gasteiger partial charge in [0.1, 0.15) is 0 Å². The summed E-state index contributed by atoms with van der Waals surface area (Å²) in [6.07, 6.45) is 1.21. The molecule has 1 atom stereocenters. The van der Waals surface area contributed by atoms with Crippen molar-refractivity contribution in [2.24, 2.45) is 5.92 Å². The maximum Gasteiger partial charge on any atom is 0 e. The Morgan fingerprint density at radius 1 is 1.06 bits per heavy atom. The molecule has 0 aromatic heterocycles. The molecule has 0 saturated carbocycles. The minimum absolute atomic E-state index is 0. The van der Waals surface area contributed by atoms with Crippen molar-refractivity contribution in [2.45, 2.75) is 59.7 Å². The molecule has 0 aromatic rings. The van der Waals surface area contributed by atoms with E-state index in [9.17, 15) is 0 Å². The molecule has 2 nitrogen and oxygen atoms in total. The van der Waals surface area contributed by atoms with Crippen molar-refractivity contribution in [3.63, 3.8) is 0 Å². The minimum Gasteiger partial charge on any atom is -0.678 e. The normalized spacial score (nSPS) is 12.2. The standard InChI is InChI=1S/C11H24N2.2CH3.Y/c1-7-10(12-8-9(2)3)13-11(4,5)6;;;/h9-10H,7-8H2,1-6H3;2*1H3;/q-2;2*-1;. The Morgan fingerprint density at radius 2 is 1.50 bits per heavy atom. The molecule has 16 heavy (non-hydrogen) atoms. The molecule has 0 saturated heterocycles. The van der Waals surface area contributed by atoms with Crippen LogP contribution in [0.15, 0.2) is 0 Å². The van der Waals surface area contributed by atoms with Gasteiger partial charge in [0.25, 0.3) is 0 Å². The average molecular weight is 303 g/mol. The third-order valence-electron chi connectivity index (χ3n) is 1.58. The van der Waals surface area contributed by atoms with E-state index in [1.54, 1.807) is 0 Å². The van der Waals surface area contributed by atoms with E-state index in [-0.39, 0.29) is 59.3 Å². The van der Waals surface area contributed by atoms with Gasteiger partial charge in [0.15, 0.2) is 0 Å². The molecule has 1 radical (unpaired) electrons. The molecule has 0 fully saturated rings. The Bertz CT molecular complexity index is 130. The van der Waals surface area contributed by atoms with Gasteiger partial charge in [-0.1, -0.05) is 53.9 Å². The van der Waals surface area contributed by atoms with Gasteiger partial charge in [0.05, 0.1) is 0 Å². The second kappa shape index (κ2) is 12.5. The Kier molecular flexibility index (Phi) is 20.1. The van der Waals surface area contributed by atoms with E-state index in [1.165, 1.54) is 0 Å². The molecule has 0 spiro atoms. The van der Waals surface area contributed by atoms with E-state index < -0.39 is 0 Å². The van der Waals surface area contributed by atoms with Crippen molar-refractivity contribution in [2.75, 3.05) is 6.54 Å². The molecule has 1 unspecified atom stereocenters. The van der Waals surface area contributed by atoms with Crippen LogP contribution in [0.25, 0.3) is 10.6 Å². The van der Waals surface area contributed by atoms with Crippen LogP contribution >= 0.6 is 0 Å². The van der Waals surface area contributed by atoms with Gasteiger partial charge in [-0.25, -0.2) is 6.17 Å². The van der Waals surface area contributed by atoms with Crippen LogP contribution in [0.2, 0.25) is 0 Å². The summed E-state index contributed by atoms with van der Waals surface area (Å²) in [6, 6.07) is 0. The van der Waals surface area contributed by atoms with Crippen LogP contribution in [0.1, 0.15) is 48.0 Å². The Labute approximate surface area is 130 Å². The van der Waals surface area contributed by atoms with E-state index in [4.69, 9.17) is 0 Å². The van der Waals surface area contributed by atoms with Crippen LogP contribution in [0, 0.1) is 20.8 Å². The molecule has 0 aromatic carbocycles. The summed E-state index contributed by atoms with van der Waals surface area (Å²) in [7, 11) is 0. The zero-order valence-corrected chi connectivity index (χ0v) is 15.4. The van der Waals surface area contributed by atoms with Crippen molar-refractivity contribution >= 4 is 0 Å². The average Bonchev–Trinajstić information content (AvgIpc) is 1.95. The first-order valence-electron chi connectivity index (χ1n) is 5.23. The van der Waals surface area contributed by atoms with Crippen LogP contribution in [0.3, 0.4) is 0 Å². The Morgan fingerprint density at radius 3 is 1.75 bits per heavy atom. The summed E-state index contributed by atoms with van der Waals surface area (Å²) < 4.78 is 0. The monoisotopic (exact) mass is 303 g/mol. The predicted octanol–water partition coefficient (Wildman–Crippen LogP) is 4.82. The summed E-state index contributed by atoms with van der Waals surface area (Å²) in [4.78, 5) is 0. The van der Waals surface area contributed by atoms with Crippen LogP contribution in [0.5, 0.6) is 0 Å². The molecule has 0 heterocycles. The van der Waals surface area contributed by atoms with Crippen LogP contribution < -0.4 is 0 Å². The molecule has 0 aliphatic carbocycles. The first-order chi connectivity index (χ1) is 5.85. The molecular weight excluding hydrogens is 273 g/mol. The Balaban J connectivity index is -0.000000240. The fraction of sp³-hybridized carbons (Fsp3) is 0.846. The summed E-state index contributed by atoms with van der Waals surface area (Å²) >= 11 is 0. The maximum absolute atomic E-state index is 4.63. The molecule has 99 valence electrons. The van der Waals surface area contributed by atoms with E-state index in [2.05, 4.69) is 52.2 Å². The van der Waals surface area contributed by atoms with Gasteiger partial charge in [0.2, 0.25) is 0 Å². The first-order valence-corrected chi connectivity index (χ1v) is 5.23. The first kappa shape index (κ1) is 25.8. The third kappa shape index (κ3) is 17.4. The third-order valence-corrected chi connectivity index (χ3v) is 1.58. The molecule has 0 N–H and O–H groups in total. The van der Waals surface area contributed by atoms with Crippen molar-refractivity contribution in [3.8, 4) is 0 Å². The number of rotatable bonds is 5. The minimum atomic E-state index is 0. The van der Waals surface area contributed by atoms with Crippen molar-refractivity contribution in [3.05, 3.63) is 25.5 Å². The maximum atomic E-state index is 4.63. The summed E-state index contributed by atoms with van der Waals surface area (Å²) in [5, 5.41) is 9.19. The van der Waals surface area contributed by atoms with Crippen LogP contribution in [0.4, 0.5) is 0 Å². The topological polar surface area (TPSA) is 28.2 Å². The SMILES string of the molecule is CCC([N-]CC(C)C)[N-]C(C)(C)C.[CH3-].[CH3-].[Y]. The smallest absolute Gasteiger partial charge is 0 e. The molecule has 3 heteroatoms. The zero-order chi connectivity index (χ0) is 10.5. The van der Waals surface area contributed by atoms with Gasteiger partial charge in [-0.3, -0.25) is 0 Å². The fourth-order valence-corrected chi connectivity index (χ4v) is 1.04. The van der Waals surface area contributed by atoms with Crippen molar-refractivity contribution in [1.29, 1.82) is 0 Å². The van der Waals surface area contributed by atoms with Gasteiger partial charge in [-0.15, -0.1) is 12.1 Å². The van der Waals surface area contributed by atoms with E-state index in [0.717, 1.165) is 13.0 Å². The second-order valence-electron chi connectivity index (χ2n) is 4.95. The number of hydrogen-bond acceptors (Lipinski definition) is 0. The Hall–Kier alpha value is 1.02. The fourth-order valence-electron chi connectivity index (χ4n) is 1.04. The van der Waals surface area contributed by atoms with Crippen molar-refractivity contribution in [1.82, 2.24) is 0 Å². The molecule has 0 bridgehead atoms. The largest absolute Gasteiger partial charge is 0.678 e. The second-order valence-corrected chi connectivity index (χ2v) is 4.95. The van der Waals surface area contributed by atoms with Crippen LogP contribution in [-0.2, 0) is 32.7 Å². The van der Waals surface area contributed by atoms with Crippen LogP contribution in [-0.4, -0.2) is 18.2 Å². The molecule has 0 amide bonds. The van der Waals surface area contributed by atoms with Gasteiger partial charge in [0, 0.05) is 32.7 Å². The quantitative estimate of drug-likeness (QED) is 0.651. The summed E-state index contributed by atoms with van der Waals surface area (Å²) in [6.45, 7) is 13.8.